The molecule has 0 aliphatic heterocycles. The molecule has 2 rings (SSSR count). The Morgan fingerprint density at radius 1 is 1.53 bits per heavy atom. The predicted octanol–water partition coefficient (Wildman–Crippen LogP) is 1.88. The van der Waals surface area contributed by atoms with Gasteiger partial charge < -0.3 is 10.2 Å². The molecule has 4 nitrogen and oxygen atoms in total. The van der Waals surface area contributed by atoms with Gasteiger partial charge in [0, 0.05) is 13.1 Å². The molecule has 1 atom stereocenters. The summed E-state index contributed by atoms with van der Waals surface area (Å²) in [5, 5.41) is 0. The van der Waals surface area contributed by atoms with Crippen molar-refractivity contribution in [2.45, 2.75) is 12.5 Å². The Morgan fingerprint density at radius 3 is 3.00 bits per heavy atom. The lowest BCUT2D eigenvalue weighted by Crippen LogP contribution is -2.12. The molecule has 0 aliphatic rings. The highest BCUT2D eigenvalue weighted by atomic mass is 32.2. The second-order valence-corrected chi connectivity index (χ2v) is 5.03. The number of thioether (sulfide) groups is 1. The van der Waals surface area contributed by atoms with E-state index in [1.807, 2.05) is 18.2 Å². The van der Waals surface area contributed by atoms with Gasteiger partial charge in [0.05, 0.1) is 5.52 Å². The average molecular weight is 252 g/mol. The third-order valence-corrected chi connectivity index (χ3v) is 3.52. The van der Waals surface area contributed by atoms with Gasteiger partial charge in [-0.3, -0.25) is 4.57 Å². The van der Waals surface area contributed by atoms with Crippen molar-refractivity contribution in [3.8, 4) is 0 Å². The van der Waals surface area contributed by atoms with E-state index in [4.69, 9.17) is 10.2 Å². The van der Waals surface area contributed by atoms with E-state index >= 15 is 0 Å². The Morgan fingerprint density at radius 2 is 2.29 bits per heavy atom. The van der Waals surface area contributed by atoms with Crippen LogP contribution in [0.2, 0.25) is 0 Å². The largest absolute Gasteiger partial charge is 0.419 e. The first kappa shape index (κ1) is 12.3. The fraction of sp³-hybridized carbons (Fsp3) is 0.417. The zero-order valence-electron chi connectivity index (χ0n) is 9.97. The highest BCUT2D eigenvalue weighted by Crippen LogP contribution is 2.21. The van der Waals surface area contributed by atoms with Crippen molar-refractivity contribution in [1.29, 1.82) is 0 Å². The predicted molar refractivity (Wildman–Crippen MR) is 71.4 cm³/mol. The minimum Gasteiger partial charge on any atom is -0.408 e. The maximum absolute atomic E-state index is 11.4. The molecule has 0 fully saturated rings. The Labute approximate surface area is 104 Å². The molecule has 1 aromatic carbocycles. The molecule has 0 saturated carbocycles. The van der Waals surface area contributed by atoms with Gasteiger partial charge in [-0.1, -0.05) is 6.07 Å². The Balaban J connectivity index is 2.36. The van der Waals surface area contributed by atoms with Crippen molar-refractivity contribution in [2.24, 2.45) is 12.8 Å². The van der Waals surface area contributed by atoms with E-state index in [0.29, 0.717) is 5.58 Å². The van der Waals surface area contributed by atoms with Gasteiger partial charge in [0.1, 0.15) is 0 Å². The lowest BCUT2D eigenvalue weighted by molar-refractivity contribution is 0.528. The van der Waals surface area contributed by atoms with Crippen LogP contribution in [0, 0.1) is 0 Å². The SMILES string of the molecule is CSCCC(N)c1ccc2oc(=O)n(C)c2c1. The van der Waals surface area contributed by atoms with Crippen molar-refractivity contribution in [3.05, 3.63) is 34.3 Å². The number of fused-ring (bicyclic) bond motifs is 1. The first-order valence-electron chi connectivity index (χ1n) is 5.47. The fourth-order valence-corrected chi connectivity index (χ4v) is 2.28. The minimum absolute atomic E-state index is 0.0110. The molecule has 17 heavy (non-hydrogen) atoms. The van der Waals surface area contributed by atoms with E-state index in [9.17, 15) is 4.79 Å². The van der Waals surface area contributed by atoms with Gasteiger partial charge in [0.15, 0.2) is 5.58 Å². The highest BCUT2D eigenvalue weighted by Gasteiger charge is 2.10. The molecule has 0 spiro atoms. The number of hydrogen-bond donors (Lipinski definition) is 1. The Bertz CT molecular complexity index is 573. The van der Waals surface area contributed by atoms with E-state index < -0.39 is 0 Å². The molecule has 0 amide bonds. The zero-order valence-corrected chi connectivity index (χ0v) is 10.8. The van der Waals surface area contributed by atoms with Gasteiger partial charge in [-0.15, -0.1) is 0 Å². The molecular formula is C12H16N2O2S. The third-order valence-electron chi connectivity index (χ3n) is 2.88. The fourth-order valence-electron chi connectivity index (χ4n) is 1.79. The van der Waals surface area contributed by atoms with E-state index in [-0.39, 0.29) is 11.8 Å². The van der Waals surface area contributed by atoms with Crippen LogP contribution in [0.15, 0.2) is 27.4 Å². The maximum atomic E-state index is 11.4. The normalized spacial score (nSPS) is 13.1. The molecule has 2 aromatic rings. The van der Waals surface area contributed by atoms with Crippen LogP contribution in [0.1, 0.15) is 18.0 Å². The van der Waals surface area contributed by atoms with Crippen molar-refractivity contribution in [1.82, 2.24) is 4.57 Å². The summed E-state index contributed by atoms with van der Waals surface area (Å²) in [4.78, 5) is 11.4. The maximum Gasteiger partial charge on any atom is 0.419 e. The number of rotatable bonds is 4. The van der Waals surface area contributed by atoms with E-state index in [0.717, 1.165) is 23.3 Å². The van der Waals surface area contributed by atoms with E-state index in [1.54, 1.807) is 18.8 Å². The lowest BCUT2D eigenvalue weighted by Gasteiger charge is -2.11. The molecule has 1 heterocycles. The van der Waals surface area contributed by atoms with Crippen LogP contribution in [0.4, 0.5) is 0 Å². The van der Waals surface area contributed by atoms with Gasteiger partial charge in [-0.25, -0.2) is 4.79 Å². The van der Waals surface area contributed by atoms with Crippen LogP contribution in [0.5, 0.6) is 0 Å². The quantitative estimate of drug-likeness (QED) is 0.902. The summed E-state index contributed by atoms with van der Waals surface area (Å²) in [6.07, 6.45) is 2.99. The molecule has 0 bridgehead atoms. The Hall–Kier alpha value is -1.20. The molecule has 1 unspecified atom stereocenters. The van der Waals surface area contributed by atoms with Crippen LogP contribution in [0.25, 0.3) is 11.1 Å². The molecular weight excluding hydrogens is 236 g/mol. The third kappa shape index (κ3) is 2.40. The summed E-state index contributed by atoms with van der Waals surface area (Å²) in [5.41, 5.74) is 8.55. The van der Waals surface area contributed by atoms with Crippen molar-refractivity contribution in [2.75, 3.05) is 12.0 Å². The van der Waals surface area contributed by atoms with Gasteiger partial charge in [-0.05, 0) is 36.1 Å². The van der Waals surface area contributed by atoms with E-state index in [2.05, 4.69) is 6.26 Å². The van der Waals surface area contributed by atoms with Gasteiger partial charge >= 0.3 is 5.76 Å². The number of benzene rings is 1. The molecule has 5 heteroatoms. The first-order valence-corrected chi connectivity index (χ1v) is 6.87. The average Bonchev–Trinajstić information content (AvgIpc) is 2.62. The summed E-state index contributed by atoms with van der Waals surface area (Å²) in [6, 6.07) is 5.68. The number of nitrogens with zero attached hydrogens (tertiary/aromatic N) is 1. The first-order chi connectivity index (χ1) is 8.13. The smallest absolute Gasteiger partial charge is 0.408 e. The topological polar surface area (TPSA) is 61.2 Å². The van der Waals surface area contributed by atoms with Crippen LogP contribution >= 0.6 is 11.8 Å². The second-order valence-electron chi connectivity index (χ2n) is 4.04. The highest BCUT2D eigenvalue weighted by molar-refractivity contribution is 7.98. The van der Waals surface area contributed by atoms with Crippen LogP contribution in [0.3, 0.4) is 0 Å². The summed E-state index contributed by atoms with van der Waals surface area (Å²) >= 11 is 1.78. The number of hydrogen-bond acceptors (Lipinski definition) is 4. The molecule has 2 N–H and O–H groups in total. The van der Waals surface area contributed by atoms with Crippen LogP contribution in [-0.4, -0.2) is 16.6 Å². The van der Waals surface area contributed by atoms with Gasteiger partial charge in [-0.2, -0.15) is 11.8 Å². The lowest BCUT2D eigenvalue weighted by atomic mass is 10.1. The summed E-state index contributed by atoms with van der Waals surface area (Å²) in [5.74, 6) is 0.693. The van der Waals surface area contributed by atoms with E-state index in [1.165, 1.54) is 4.57 Å². The number of aryl methyl sites for hydroxylation is 1. The molecule has 0 aliphatic carbocycles. The van der Waals surface area contributed by atoms with Crippen LogP contribution < -0.4 is 11.5 Å². The zero-order chi connectivity index (χ0) is 12.4. The summed E-state index contributed by atoms with van der Waals surface area (Å²) in [7, 11) is 1.70. The Kier molecular flexibility index (Phi) is 3.59. The van der Waals surface area contributed by atoms with Crippen molar-refractivity contribution >= 4 is 22.9 Å². The minimum atomic E-state index is -0.338. The summed E-state index contributed by atoms with van der Waals surface area (Å²) in [6.45, 7) is 0. The van der Waals surface area contributed by atoms with Crippen molar-refractivity contribution < 1.29 is 4.42 Å². The second kappa shape index (κ2) is 4.98. The number of nitrogens with two attached hydrogens (primary N) is 1. The molecule has 92 valence electrons. The number of oxazole rings is 1. The molecule has 1 aromatic heterocycles. The summed E-state index contributed by atoms with van der Waals surface area (Å²) < 4.78 is 6.58. The number of aromatic nitrogens is 1. The standard InChI is InChI=1S/C12H16N2O2S/c1-14-10-7-8(9(13)5-6-17-2)3-4-11(10)16-12(14)15/h3-4,7,9H,5-6,13H2,1-2H3. The monoisotopic (exact) mass is 252 g/mol. The van der Waals surface area contributed by atoms with Crippen LogP contribution in [-0.2, 0) is 7.05 Å². The van der Waals surface area contributed by atoms with Gasteiger partial charge in [0.2, 0.25) is 0 Å². The molecule has 0 saturated heterocycles. The van der Waals surface area contributed by atoms with Crippen molar-refractivity contribution in [3.63, 3.8) is 0 Å². The molecule has 0 radical (unpaired) electrons. The van der Waals surface area contributed by atoms with Gasteiger partial charge in [0.25, 0.3) is 0 Å².